The lowest BCUT2D eigenvalue weighted by Gasteiger charge is -2.53. The fourth-order valence-electron chi connectivity index (χ4n) is 2.23. The summed E-state index contributed by atoms with van der Waals surface area (Å²) in [7, 11) is -24.9. The minimum atomic E-state index is -6.28. The smallest absolute Gasteiger partial charge is 0.121 e. The molecule has 6 atom stereocenters. The van der Waals surface area contributed by atoms with Gasteiger partial charge in [0, 0.05) is 0 Å². The van der Waals surface area contributed by atoms with E-state index in [4.69, 9.17) is 0 Å². The molecule has 1 aliphatic rings. The Morgan fingerprint density at radius 3 is 0.821 bits per heavy atom. The van der Waals surface area contributed by atoms with E-state index >= 15 is 0 Å². The van der Waals surface area contributed by atoms with Gasteiger partial charge in [-0.1, -0.05) is 0 Å². The maximum Gasteiger partial charge on any atom is 0.121 e. The van der Waals surface area contributed by atoms with Crippen molar-refractivity contribution >= 4 is 31.3 Å². The molecule has 1 fully saturated rings. The van der Waals surface area contributed by atoms with Crippen LogP contribution in [0.25, 0.3) is 0 Å². The topological polar surface area (TPSA) is 330 Å². The molecule has 0 amide bonds. The summed E-state index contributed by atoms with van der Waals surface area (Å²) in [5.74, 6) is 0. The Balaban J connectivity index is 3.53. The van der Waals surface area contributed by atoms with Crippen molar-refractivity contribution in [2.24, 2.45) is 0 Å². The first-order valence-electron chi connectivity index (χ1n) is 6.38. The van der Waals surface area contributed by atoms with Crippen LogP contribution in [0.5, 0.6) is 0 Å². The zero-order valence-corrected chi connectivity index (χ0v) is 16.3. The first-order valence-corrected chi connectivity index (χ1v) is 12.2. The average molecular weight is 492 g/mol. The largest absolute Gasteiger partial charge is 0.790 e. The second-order valence-electron chi connectivity index (χ2n) is 5.05. The van der Waals surface area contributed by atoms with E-state index in [2.05, 4.69) is 18.1 Å². The van der Waals surface area contributed by atoms with Crippen molar-refractivity contribution in [3.05, 3.63) is 0 Å². The maximum absolute atomic E-state index is 10.8. The van der Waals surface area contributed by atoms with Crippen LogP contribution in [0.2, 0.25) is 0 Å². The van der Waals surface area contributed by atoms with Gasteiger partial charge in [-0.3, -0.25) is 0 Å². The zero-order chi connectivity index (χ0) is 22.3. The van der Waals surface area contributed by atoms with Crippen LogP contribution in [-0.4, -0.2) is 46.8 Å². The molecular formula is C6H8O18P4-8. The molecule has 0 radical (unpaired) electrons. The monoisotopic (exact) mass is 492 g/mol. The van der Waals surface area contributed by atoms with E-state index in [1.165, 1.54) is 0 Å². The highest BCUT2D eigenvalue weighted by Gasteiger charge is 2.54. The Labute approximate surface area is 154 Å². The van der Waals surface area contributed by atoms with E-state index < -0.39 is 67.9 Å². The van der Waals surface area contributed by atoms with Crippen molar-refractivity contribution in [2.45, 2.75) is 36.6 Å². The molecule has 22 heteroatoms. The third kappa shape index (κ3) is 8.62. The SMILES string of the molecule is O=P([O-])([O-])O[C@@H]1[C@H](OP(=O)([O-])[O-])[C@H](OP(=O)([O-])[O-])[C@@H](O)[C@H](O)[C@H]1OP(=O)([O-])[O-]. The quantitative estimate of drug-likeness (QED) is 0.297. The summed E-state index contributed by atoms with van der Waals surface area (Å²) in [6.45, 7) is 0. The van der Waals surface area contributed by atoms with Crippen LogP contribution in [0.4, 0.5) is 0 Å². The Morgan fingerprint density at radius 2 is 0.643 bits per heavy atom. The average Bonchev–Trinajstić information content (AvgIpc) is 2.39. The summed E-state index contributed by atoms with van der Waals surface area (Å²) >= 11 is 0. The standard InChI is InChI=1S/C6H16O18P4/c7-1-2(8)4(22-26(12,13)14)6(24-28(18,19)20)5(23-27(15,16)17)3(1)21-25(9,10)11/h1-8H,(H2,9,10,11)(H2,12,13,14)(H2,15,16,17)(H2,18,19,20)/p-8/t1-,2-,3+,4+,5-,6+/m0/s1. The number of phosphoric acid groups is 4. The molecule has 2 N–H and O–H groups in total. The van der Waals surface area contributed by atoms with Crippen molar-refractivity contribution < 1.29 is 85.7 Å². The maximum atomic E-state index is 10.8. The van der Waals surface area contributed by atoms with Gasteiger partial charge in [-0.2, -0.15) is 0 Å². The fraction of sp³-hybridized carbons (Fsp3) is 1.00. The summed E-state index contributed by atoms with van der Waals surface area (Å²) in [5.41, 5.74) is 0. The first-order chi connectivity index (χ1) is 12.2. The summed E-state index contributed by atoms with van der Waals surface area (Å²) in [6.07, 6.45) is -17.6. The zero-order valence-electron chi connectivity index (χ0n) is 12.7. The normalized spacial score (nSPS) is 33.1. The van der Waals surface area contributed by atoms with Crippen molar-refractivity contribution in [3.8, 4) is 0 Å². The Kier molecular flexibility index (Phi) is 8.34. The van der Waals surface area contributed by atoms with Gasteiger partial charge in [0.2, 0.25) is 0 Å². The van der Waals surface area contributed by atoms with E-state index in [9.17, 15) is 67.6 Å². The molecule has 1 saturated carbocycles. The third-order valence-electron chi connectivity index (χ3n) is 3.00. The molecule has 0 aromatic heterocycles. The van der Waals surface area contributed by atoms with Crippen molar-refractivity contribution in [3.63, 3.8) is 0 Å². The molecular weight excluding hydrogens is 484 g/mol. The Bertz CT molecular complexity index is 664. The van der Waals surface area contributed by atoms with Crippen LogP contribution in [-0.2, 0) is 36.4 Å². The number of aliphatic hydroxyl groups is 2. The minimum Gasteiger partial charge on any atom is -0.790 e. The summed E-state index contributed by atoms with van der Waals surface area (Å²) in [4.78, 5) is 86.3. The van der Waals surface area contributed by atoms with Gasteiger partial charge in [0.25, 0.3) is 0 Å². The molecule has 0 spiro atoms. The molecule has 0 heterocycles. The number of rotatable bonds is 8. The third-order valence-corrected chi connectivity index (χ3v) is 5.00. The first kappa shape index (κ1) is 26.4. The van der Waals surface area contributed by atoms with Crippen LogP contribution in [0.1, 0.15) is 0 Å². The van der Waals surface area contributed by atoms with E-state index in [-0.39, 0.29) is 0 Å². The number of hydrogen-bond acceptors (Lipinski definition) is 18. The van der Waals surface area contributed by atoms with Crippen LogP contribution in [0.15, 0.2) is 0 Å². The number of hydrogen-bond donors (Lipinski definition) is 2. The second kappa shape index (κ2) is 8.85. The van der Waals surface area contributed by atoms with E-state index in [0.29, 0.717) is 0 Å². The molecule has 1 aliphatic carbocycles. The molecule has 0 bridgehead atoms. The fourth-order valence-corrected chi connectivity index (χ4v) is 4.39. The van der Waals surface area contributed by atoms with Gasteiger partial charge in [-0.15, -0.1) is 0 Å². The predicted molar refractivity (Wildman–Crippen MR) is 61.9 cm³/mol. The Hall–Kier alpha value is 0.360. The van der Waals surface area contributed by atoms with Gasteiger partial charge in [0.05, 0.1) is 31.3 Å². The molecule has 28 heavy (non-hydrogen) atoms. The molecule has 1 rings (SSSR count). The summed E-state index contributed by atoms with van der Waals surface area (Å²) in [6, 6.07) is 0. The molecule has 0 unspecified atom stereocenters. The van der Waals surface area contributed by atoms with Gasteiger partial charge >= 0.3 is 0 Å². The van der Waals surface area contributed by atoms with Gasteiger partial charge < -0.3 is 85.7 Å². The second-order valence-corrected chi connectivity index (χ2v) is 9.47. The number of aliphatic hydroxyl groups excluding tert-OH is 2. The molecule has 0 saturated heterocycles. The predicted octanol–water partition coefficient (Wildman–Crippen LogP) is -8.42. The highest BCUT2D eigenvalue weighted by Crippen LogP contribution is 2.46. The van der Waals surface area contributed by atoms with E-state index in [0.717, 1.165) is 0 Å². The van der Waals surface area contributed by atoms with Gasteiger partial charge in [-0.25, -0.2) is 0 Å². The summed E-state index contributed by atoms with van der Waals surface area (Å²) in [5, 5.41) is 19.5. The number of phosphoric ester groups is 4. The van der Waals surface area contributed by atoms with Crippen molar-refractivity contribution in [2.75, 3.05) is 0 Å². The van der Waals surface area contributed by atoms with Gasteiger partial charge in [0.15, 0.2) is 0 Å². The molecule has 18 nitrogen and oxygen atoms in total. The van der Waals surface area contributed by atoms with Gasteiger partial charge in [-0.05, 0) is 0 Å². The lowest BCUT2D eigenvalue weighted by Crippen LogP contribution is -2.66. The van der Waals surface area contributed by atoms with Gasteiger partial charge in [0.1, 0.15) is 36.6 Å². The lowest BCUT2D eigenvalue weighted by molar-refractivity contribution is -0.379. The minimum absolute atomic E-state index is 2.83. The van der Waals surface area contributed by atoms with Crippen molar-refractivity contribution in [1.29, 1.82) is 0 Å². The Morgan fingerprint density at radius 1 is 0.464 bits per heavy atom. The molecule has 168 valence electrons. The molecule has 0 aliphatic heterocycles. The molecule has 0 aromatic rings. The van der Waals surface area contributed by atoms with Crippen molar-refractivity contribution in [1.82, 2.24) is 0 Å². The van der Waals surface area contributed by atoms with Crippen LogP contribution in [0, 0.1) is 0 Å². The van der Waals surface area contributed by atoms with Crippen LogP contribution < -0.4 is 39.1 Å². The highest BCUT2D eigenvalue weighted by atomic mass is 31.2. The van der Waals surface area contributed by atoms with E-state index in [1.807, 2.05) is 0 Å². The summed E-state index contributed by atoms with van der Waals surface area (Å²) < 4.78 is 58.0. The van der Waals surface area contributed by atoms with Crippen LogP contribution in [0.3, 0.4) is 0 Å². The lowest BCUT2D eigenvalue weighted by atomic mass is 9.85. The molecule has 0 aromatic carbocycles. The highest BCUT2D eigenvalue weighted by molar-refractivity contribution is 7.44. The van der Waals surface area contributed by atoms with E-state index in [1.54, 1.807) is 0 Å². The van der Waals surface area contributed by atoms with Crippen LogP contribution >= 0.6 is 31.3 Å².